The molecule has 3 rings (SSSR count). The third-order valence-electron chi connectivity index (χ3n) is 6.79. The van der Waals surface area contributed by atoms with Gasteiger partial charge in [0.2, 0.25) is 0 Å². The van der Waals surface area contributed by atoms with Gasteiger partial charge in [-0.2, -0.15) is 0 Å². The number of ether oxygens (including phenoxy) is 1. The van der Waals surface area contributed by atoms with Crippen molar-refractivity contribution in [3.63, 3.8) is 0 Å². The zero-order valence-electron chi connectivity index (χ0n) is 14.8. The van der Waals surface area contributed by atoms with E-state index in [1.54, 1.807) is 0 Å². The smallest absolute Gasteiger partial charge is 0.0683 e. The topological polar surface area (TPSA) is 12.5 Å². The van der Waals surface area contributed by atoms with Crippen molar-refractivity contribution in [2.45, 2.75) is 45.6 Å². The maximum atomic E-state index is 6.47. The van der Waals surface area contributed by atoms with Crippen LogP contribution in [0.1, 0.15) is 45.1 Å². The van der Waals surface area contributed by atoms with E-state index in [-0.39, 0.29) is 0 Å². The van der Waals surface area contributed by atoms with Crippen molar-refractivity contribution in [2.75, 3.05) is 27.2 Å². The second-order valence-corrected chi connectivity index (χ2v) is 8.31. The van der Waals surface area contributed by atoms with Crippen molar-refractivity contribution in [1.29, 1.82) is 0 Å². The first-order valence-corrected chi connectivity index (χ1v) is 8.69. The Bertz CT molecular complexity index is 510. The molecule has 0 aromatic heterocycles. The highest BCUT2D eigenvalue weighted by atomic mass is 16.5. The van der Waals surface area contributed by atoms with Crippen LogP contribution in [0, 0.1) is 16.7 Å². The molecule has 2 aliphatic rings. The maximum Gasteiger partial charge on any atom is 0.0683 e. The number of likely N-dealkylation sites (N-methyl/N-ethyl adjacent to an activating group) is 1. The van der Waals surface area contributed by atoms with E-state index < -0.39 is 0 Å². The maximum absolute atomic E-state index is 6.47. The fourth-order valence-corrected chi connectivity index (χ4v) is 5.09. The Hall–Kier alpha value is -0.860. The van der Waals surface area contributed by atoms with Gasteiger partial charge in [-0.25, -0.2) is 0 Å². The van der Waals surface area contributed by atoms with E-state index in [0.717, 1.165) is 13.2 Å². The van der Waals surface area contributed by atoms with E-state index in [9.17, 15) is 0 Å². The van der Waals surface area contributed by atoms with E-state index in [4.69, 9.17) is 4.74 Å². The van der Waals surface area contributed by atoms with Gasteiger partial charge < -0.3 is 9.64 Å². The number of rotatable bonds is 5. The summed E-state index contributed by atoms with van der Waals surface area (Å²) in [7, 11) is 4.23. The van der Waals surface area contributed by atoms with Crippen molar-refractivity contribution in [3.8, 4) is 0 Å². The Morgan fingerprint density at radius 2 is 1.82 bits per heavy atom. The number of hydrogen-bond donors (Lipinski definition) is 0. The molecule has 1 aromatic rings. The normalized spacial score (nSPS) is 36.2. The lowest BCUT2D eigenvalue weighted by Gasteiger charge is -2.40. The summed E-state index contributed by atoms with van der Waals surface area (Å²) < 4.78 is 6.47. The molecule has 0 aliphatic heterocycles. The molecule has 1 aromatic carbocycles. The van der Waals surface area contributed by atoms with Crippen molar-refractivity contribution in [2.24, 2.45) is 16.7 Å². The van der Waals surface area contributed by atoms with Crippen LogP contribution in [0.25, 0.3) is 0 Å². The minimum absolute atomic E-state index is 0.349. The first kappa shape index (κ1) is 16.0. The molecule has 2 bridgehead atoms. The summed E-state index contributed by atoms with van der Waals surface area (Å²) in [6.45, 7) is 9.28. The molecule has 2 nitrogen and oxygen atoms in total. The molecule has 0 N–H and O–H groups in total. The van der Waals surface area contributed by atoms with Crippen molar-refractivity contribution in [1.82, 2.24) is 4.90 Å². The molecule has 2 aliphatic carbocycles. The molecule has 2 heteroatoms. The van der Waals surface area contributed by atoms with E-state index in [1.807, 2.05) is 0 Å². The van der Waals surface area contributed by atoms with Crippen molar-refractivity contribution < 1.29 is 4.74 Å². The Morgan fingerprint density at radius 3 is 2.45 bits per heavy atom. The fourth-order valence-electron chi connectivity index (χ4n) is 5.09. The van der Waals surface area contributed by atoms with Crippen LogP contribution in [0.3, 0.4) is 0 Å². The molecular weight excluding hydrogens is 270 g/mol. The van der Waals surface area contributed by atoms with Gasteiger partial charge in [0.25, 0.3) is 0 Å². The van der Waals surface area contributed by atoms with Crippen LogP contribution in [0.5, 0.6) is 0 Å². The summed E-state index contributed by atoms with van der Waals surface area (Å²) >= 11 is 0. The van der Waals surface area contributed by atoms with Gasteiger partial charge in [-0.1, -0.05) is 51.1 Å². The van der Waals surface area contributed by atoms with Crippen LogP contribution in [-0.4, -0.2) is 38.3 Å². The highest BCUT2D eigenvalue weighted by Crippen LogP contribution is 2.71. The van der Waals surface area contributed by atoms with Crippen molar-refractivity contribution in [3.05, 3.63) is 35.9 Å². The third kappa shape index (κ3) is 2.32. The van der Waals surface area contributed by atoms with Gasteiger partial charge in [-0.05, 0) is 49.2 Å². The molecule has 0 saturated heterocycles. The number of nitrogens with zero attached hydrogens (tertiary/aromatic N) is 1. The zero-order valence-corrected chi connectivity index (χ0v) is 14.8. The molecule has 0 spiro atoms. The lowest BCUT2D eigenvalue weighted by atomic mass is 9.65. The van der Waals surface area contributed by atoms with E-state index >= 15 is 0 Å². The van der Waals surface area contributed by atoms with Gasteiger partial charge in [-0.15, -0.1) is 0 Å². The van der Waals surface area contributed by atoms with Crippen LogP contribution in [0.15, 0.2) is 30.3 Å². The Labute approximate surface area is 135 Å². The van der Waals surface area contributed by atoms with Gasteiger partial charge in [-0.3, -0.25) is 0 Å². The van der Waals surface area contributed by atoms with E-state index in [2.05, 4.69) is 70.1 Å². The van der Waals surface area contributed by atoms with Gasteiger partial charge in [0, 0.05) is 12.5 Å². The summed E-state index contributed by atoms with van der Waals surface area (Å²) in [6.07, 6.45) is 3.02. The molecule has 4 atom stereocenters. The van der Waals surface area contributed by atoms with Gasteiger partial charge in [0.15, 0.2) is 0 Å². The zero-order chi connectivity index (χ0) is 16.0. The monoisotopic (exact) mass is 301 g/mol. The number of benzene rings is 1. The molecule has 0 amide bonds. The van der Waals surface area contributed by atoms with Crippen LogP contribution < -0.4 is 0 Å². The first-order chi connectivity index (χ1) is 10.4. The van der Waals surface area contributed by atoms with Crippen LogP contribution in [0.2, 0.25) is 0 Å². The lowest BCUT2D eigenvalue weighted by molar-refractivity contribution is -0.0137. The van der Waals surface area contributed by atoms with Crippen LogP contribution >= 0.6 is 0 Å². The summed E-state index contributed by atoms with van der Waals surface area (Å²) in [5, 5.41) is 0. The molecule has 2 fully saturated rings. The minimum Gasteiger partial charge on any atom is -0.376 e. The van der Waals surface area contributed by atoms with Crippen LogP contribution in [-0.2, 0) is 4.74 Å². The van der Waals surface area contributed by atoms with E-state index in [0.29, 0.717) is 28.8 Å². The third-order valence-corrected chi connectivity index (χ3v) is 6.79. The first-order valence-electron chi connectivity index (χ1n) is 8.69. The predicted molar refractivity (Wildman–Crippen MR) is 92.1 cm³/mol. The number of fused-ring (bicyclic) bond motifs is 2. The summed E-state index contributed by atoms with van der Waals surface area (Å²) in [5.74, 6) is 1.22. The molecule has 2 saturated carbocycles. The highest BCUT2D eigenvalue weighted by Gasteiger charge is 2.66. The standard InChI is InChI=1S/C20H31NO/c1-19(2)16-11-12-20(19,3)17(15-9-7-6-8-10-15)18(16)22-14-13-21(4)5/h6-10,16-18H,11-14H2,1-5H3. The van der Waals surface area contributed by atoms with E-state index in [1.165, 1.54) is 18.4 Å². The fraction of sp³-hybridized carbons (Fsp3) is 0.700. The largest absolute Gasteiger partial charge is 0.376 e. The molecule has 122 valence electrons. The summed E-state index contributed by atoms with van der Waals surface area (Å²) in [4.78, 5) is 2.21. The molecule has 0 radical (unpaired) electrons. The second kappa shape index (κ2) is 5.65. The second-order valence-electron chi connectivity index (χ2n) is 8.31. The lowest BCUT2D eigenvalue weighted by Crippen LogP contribution is -2.35. The molecule has 22 heavy (non-hydrogen) atoms. The Balaban J connectivity index is 1.89. The Kier molecular flexibility index (Phi) is 4.11. The Morgan fingerprint density at radius 1 is 1.14 bits per heavy atom. The van der Waals surface area contributed by atoms with Crippen molar-refractivity contribution >= 4 is 0 Å². The summed E-state index contributed by atoms with van der Waals surface area (Å²) in [6, 6.07) is 11.1. The molecule has 4 unspecified atom stereocenters. The van der Waals surface area contributed by atoms with Gasteiger partial charge >= 0.3 is 0 Å². The highest BCUT2D eigenvalue weighted by molar-refractivity contribution is 5.31. The summed E-state index contributed by atoms with van der Waals surface area (Å²) in [5.41, 5.74) is 2.17. The predicted octanol–water partition coefficient (Wildman–Crippen LogP) is 4.17. The average Bonchev–Trinajstić information content (AvgIpc) is 2.78. The number of hydrogen-bond acceptors (Lipinski definition) is 2. The molecule has 0 heterocycles. The average molecular weight is 301 g/mol. The minimum atomic E-state index is 0.349. The SMILES string of the molecule is CN(C)CCOC1C2CCC(C)(C1c1ccccc1)C2(C)C. The molecular formula is C20H31NO. The van der Waals surface area contributed by atoms with Gasteiger partial charge in [0.1, 0.15) is 0 Å². The quantitative estimate of drug-likeness (QED) is 0.809. The van der Waals surface area contributed by atoms with Gasteiger partial charge in [0.05, 0.1) is 12.7 Å². The van der Waals surface area contributed by atoms with Crippen LogP contribution in [0.4, 0.5) is 0 Å².